The van der Waals surface area contributed by atoms with E-state index in [-0.39, 0.29) is 22.9 Å². The van der Waals surface area contributed by atoms with Crippen LogP contribution in [0.5, 0.6) is 0 Å². The number of carbonyl (C=O) groups excluding carboxylic acids is 1. The van der Waals surface area contributed by atoms with E-state index >= 15 is 0 Å². The van der Waals surface area contributed by atoms with E-state index in [0.717, 1.165) is 12.1 Å². The highest BCUT2D eigenvalue weighted by Gasteiger charge is 2.23. The largest absolute Gasteiger partial charge is 0.378 e. The summed E-state index contributed by atoms with van der Waals surface area (Å²) in [5.74, 6) is 0.0102. The van der Waals surface area contributed by atoms with Crippen LogP contribution in [0.4, 0.5) is 0 Å². The third kappa shape index (κ3) is 4.74. The van der Waals surface area contributed by atoms with Crippen molar-refractivity contribution in [2.75, 3.05) is 26.8 Å². The number of morpholine rings is 1. The average molecular weight is 341 g/mol. The third-order valence-corrected chi connectivity index (χ3v) is 5.01. The van der Waals surface area contributed by atoms with Crippen molar-refractivity contribution in [1.29, 1.82) is 0 Å². The molecule has 0 radical (unpaired) electrons. The van der Waals surface area contributed by atoms with Crippen LogP contribution in [0.2, 0.25) is 0 Å². The summed E-state index contributed by atoms with van der Waals surface area (Å²) in [4.78, 5) is 14.1. The van der Waals surface area contributed by atoms with Crippen molar-refractivity contribution in [3.63, 3.8) is 0 Å². The zero-order chi connectivity index (χ0) is 17.0. The molecule has 0 spiro atoms. The van der Waals surface area contributed by atoms with Gasteiger partial charge >= 0.3 is 0 Å². The lowest BCUT2D eigenvalue weighted by atomic mass is 10.1. The van der Waals surface area contributed by atoms with Gasteiger partial charge in [0.1, 0.15) is 0 Å². The number of amides is 1. The van der Waals surface area contributed by atoms with E-state index < -0.39 is 10.0 Å². The van der Waals surface area contributed by atoms with Crippen LogP contribution < -0.4 is 10.5 Å². The number of ether oxygens (including phenoxy) is 1. The number of hydrogen-bond donors (Lipinski definition) is 2. The molecule has 0 saturated carbocycles. The van der Waals surface area contributed by atoms with Crippen LogP contribution >= 0.6 is 0 Å². The molecule has 0 aliphatic carbocycles. The van der Waals surface area contributed by atoms with Crippen LogP contribution in [0, 0.1) is 0 Å². The maximum atomic E-state index is 12.4. The van der Waals surface area contributed by atoms with E-state index in [1.165, 1.54) is 12.1 Å². The van der Waals surface area contributed by atoms with Gasteiger partial charge in [0.25, 0.3) is 0 Å². The fraction of sp³-hybridized carbons (Fsp3) is 0.533. The van der Waals surface area contributed by atoms with Gasteiger partial charge in [-0.25, -0.2) is 13.6 Å². The Morgan fingerprint density at radius 2 is 2.09 bits per heavy atom. The number of primary sulfonamides is 1. The number of nitrogens with two attached hydrogens (primary N) is 1. The summed E-state index contributed by atoms with van der Waals surface area (Å²) in [5, 5.41) is 8.34. The monoisotopic (exact) mass is 341 g/mol. The second-order valence-corrected chi connectivity index (χ2v) is 7.29. The molecule has 128 valence electrons. The van der Waals surface area contributed by atoms with Gasteiger partial charge in [-0.1, -0.05) is 12.1 Å². The quantitative estimate of drug-likeness (QED) is 0.798. The SMILES string of the molecule is CC(c1ccc(S(N)(=O)=O)cc1)N(C)C(=O)CC1COCCN1. The number of hydrogen-bond acceptors (Lipinski definition) is 5. The number of nitrogens with one attached hydrogen (secondary N) is 1. The molecular formula is C15H23N3O4S. The Hall–Kier alpha value is -1.48. The van der Waals surface area contributed by atoms with Gasteiger partial charge < -0.3 is 15.0 Å². The van der Waals surface area contributed by atoms with Gasteiger partial charge in [-0.15, -0.1) is 0 Å². The van der Waals surface area contributed by atoms with Crippen molar-refractivity contribution in [2.45, 2.75) is 30.3 Å². The van der Waals surface area contributed by atoms with Gasteiger partial charge in [0.2, 0.25) is 15.9 Å². The normalized spacial score (nSPS) is 20.0. The molecule has 1 fully saturated rings. The van der Waals surface area contributed by atoms with Crippen LogP contribution in [0.25, 0.3) is 0 Å². The Balaban J connectivity index is 2.00. The average Bonchev–Trinajstić information content (AvgIpc) is 2.53. The lowest BCUT2D eigenvalue weighted by Gasteiger charge is -2.29. The number of benzene rings is 1. The first kappa shape index (κ1) is 17.9. The number of rotatable bonds is 5. The second-order valence-electron chi connectivity index (χ2n) is 5.72. The number of nitrogens with zero attached hydrogens (tertiary/aromatic N) is 1. The molecule has 23 heavy (non-hydrogen) atoms. The predicted molar refractivity (Wildman–Crippen MR) is 86.2 cm³/mol. The van der Waals surface area contributed by atoms with Crippen molar-refractivity contribution >= 4 is 15.9 Å². The predicted octanol–water partition coefficient (Wildman–Crippen LogP) is 0.232. The zero-order valence-corrected chi connectivity index (χ0v) is 14.2. The van der Waals surface area contributed by atoms with Gasteiger partial charge in [0.15, 0.2) is 0 Å². The molecule has 2 unspecified atom stereocenters. The molecule has 0 aromatic heterocycles. The van der Waals surface area contributed by atoms with E-state index in [1.54, 1.807) is 24.1 Å². The fourth-order valence-electron chi connectivity index (χ4n) is 2.48. The highest BCUT2D eigenvalue weighted by molar-refractivity contribution is 7.89. The summed E-state index contributed by atoms with van der Waals surface area (Å²) in [6, 6.07) is 6.13. The summed E-state index contributed by atoms with van der Waals surface area (Å²) in [5.41, 5.74) is 0.848. The topological polar surface area (TPSA) is 102 Å². The van der Waals surface area contributed by atoms with E-state index in [4.69, 9.17) is 9.88 Å². The minimum absolute atomic E-state index is 0.0102. The number of carbonyl (C=O) groups is 1. The van der Waals surface area contributed by atoms with Gasteiger partial charge in [-0.3, -0.25) is 4.79 Å². The van der Waals surface area contributed by atoms with Gasteiger partial charge in [0.05, 0.1) is 24.2 Å². The number of sulfonamides is 1. The first-order valence-corrected chi connectivity index (χ1v) is 9.03. The van der Waals surface area contributed by atoms with E-state index in [2.05, 4.69) is 5.32 Å². The van der Waals surface area contributed by atoms with Crippen LogP contribution in [0.15, 0.2) is 29.2 Å². The molecule has 1 aromatic carbocycles. The van der Waals surface area contributed by atoms with E-state index in [0.29, 0.717) is 19.6 Å². The Labute approximate surface area is 136 Å². The maximum absolute atomic E-state index is 12.4. The van der Waals surface area contributed by atoms with Crippen molar-refractivity contribution in [3.05, 3.63) is 29.8 Å². The van der Waals surface area contributed by atoms with Crippen molar-refractivity contribution in [3.8, 4) is 0 Å². The smallest absolute Gasteiger partial charge is 0.238 e. The minimum Gasteiger partial charge on any atom is -0.378 e. The highest BCUT2D eigenvalue weighted by atomic mass is 32.2. The first-order valence-electron chi connectivity index (χ1n) is 7.48. The molecule has 2 atom stereocenters. The Morgan fingerprint density at radius 3 is 2.61 bits per heavy atom. The Morgan fingerprint density at radius 1 is 1.43 bits per heavy atom. The molecule has 1 aliphatic heterocycles. The highest BCUT2D eigenvalue weighted by Crippen LogP contribution is 2.21. The van der Waals surface area contributed by atoms with Crippen LogP contribution in [0.1, 0.15) is 24.9 Å². The Bertz CT molecular complexity index is 639. The molecule has 2 rings (SSSR count). The lowest BCUT2D eigenvalue weighted by molar-refractivity contribution is -0.133. The summed E-state index contributed by atoms with van der Waals surface area (Å²) in [7, 11) is -1.96. The molecule has 3 N–H and O–H groups in total. The van der Waals surface area contributed by atoms with Gasteiger partial charge in [-0.05, 0) is 24.6 Å². The summed E-state index contributed by atoms with van der Waals surface area (Å²) in [6.45, 7) is 3.87. The van der Waals surface area contributed by atoms with Crippen LogP contribution in [-0.2, 0) is 19.6 Å². The summed E-state index contributed by atoms with van der Waals surface area (Å²) < 4.78 is 27.9. The summed E-state index contributed by atoms with van der Waals surface area (Å²) in [6.07, 6.45) is 0.371. The van der Waals surface area contributed by atoms with E-state index in [9.17, 15) is 13.2 Å². The van der Waals surface area contributed by atoms with Crippen LogP contribution in [-0.4, -0.2) is 52.1 Å². The van der Waals surface area contributed by atoms with Crippen LogP contribution in [0.3, 0.4) is 0 Å². The molecular weight excluding hydrogens is 318 g/mol. The lowest BCUT2D eigenvalue weighted by Crippen LogP contribution is -2.44. The molecule has 8 heteroatoms. The second kappa shape index (κ2) is 7.39. The van der Waals surface area contributed by atoms with Crippen molar-refractivity contribution < 1.29 is 17.9 Å². The standard InChI is InChI=1S/C15H23N3O4S/c1-11(12-3-5-14(6-4-12)23(16,20)21)18(2)15(19)9-13-10-22-8-7-17-13/h3-6,11,13,17H,7-10H2,1-2H3,(H2,16,20,21). The molecule has 7 nitrogen and oxygen atoms in total. The molecule has 1 aromatic rings. The third-order valence-electron chi connectivity index (χ3n) is 4.08. The summed E-state index contributed by atoms with van der Waals surface area (Å²) >= 11 is 0. The van der Waals surface area contributed by atoms with Crippen molar-refractivity contribution in [2.24, 2.45) is 5.14 Å². The molecule has 1 saturated heterocycles. The molecule has 0 bridgehead atoms. The first-order chi connectivity index (χ1) is 10.8. The zero-order valence-electron chi connectivity index (χ0n) is 13.4. The maximum Gasteiger partial charge on any atom is 0.238 e. The van der Waals surface area contributed by atoms with Gasteiger partial charge in [0, 0.05) is 26.1 Å². The Kier molecular flexibility index (Phi) is 5.74. The van der Waals surface area contributed by atoms with Crippen molar-refractivity contribution in [1.82, 2.24) is 10.2 Å². The molecule has 1 aliphatic rings. The fourth-order valence-corrected chi connectivity index (χ4v) is 3.00. The van der Waals surface area contributed by atoms with E-state index in [1.807, 2.05) is 6.92 Å². The minimum atomic E-state index is -3.70. The van der Waals surface area contributed by atoms with Gasteiger partial charge in [-0.2, -0.15) is 0 Å². The molecule has 1 heterocycles. The molecule has 1 amide bonds.